The van der Waals surface area contributed by atoms with Crippen LogP contribution < -0.4 is 14.4 Å². The van der Waals surface area contributed by atoms with Gasteiger partial charge in [-0.15, -0.1) is 0 Å². The summed E-state index contributed by atoms with van der Waals surface area (Å²) in [7, 11) is -2.62. The van der Waals surface area contributed by atoms with Gasteiger partial charge in [-0.05, 0) is 73.9 Å². The number of hydrogen-bond acceptors (Lipinski definition) is 5. The lowest BCUT2D eigenvalue weighted by Gasteiger charge is -2.33. The summed E-state index contributed by atoms with van der Waals surface area (Å²) in [5.74, 6) is -0.255. The second kappa shape index (κ2) is 14.2. The number of benzene rings is 3. The van der Waals surface area contributed by atoms with Gasteiger partial charge in [0.25, 0.3) is 10.0 Å². The first kappa shape index (κ1) is 31.0. The average Bonchev–Trinajstić information content (AvgIpc) is 2.95. The summed E-state index contributed by atoms with van der Waals surface area (Å²) in [4.78, 5) is 28.6. The van der Waals surface area contributed by atoms with E-state index in [1.807, 2.05) is 20.8 Å². The molecule has 3 rings (SSSR count). The molecule has 0 bridgehead atoms. The fraction of sp³-hybridized carbons (Fsp3) is 0.333. The van der Waals surface area contributed by atoms with Crippen LogP contribution in [0, 0.1) is 6.92 Å². The highest BCUT2D eigenvalue weighted by Crippen LogP contribution is 2.27. The summed E-state index contributed by atoms with van der Waals surface area (Å²) in [5, 5.41) is 3.42. The van der Waals surface area contributed by atoms with Gasteiger partial charge in [0, 0.05) is 18.1 Å². The van der Waals surface area contributed by atoms with Crippen LogP contribution in [0.5, 0.6) is 5.75 Å². The van der Waals surface area contributed by atoms with E-state index in [1.54, 1.807) is 60.7 Å². The summed E-state index contributed by atoms with van der Waals surface area (Å²) in [6.45, 7) is 5.70. The first-order valence-corrected chi connectivity index (χ1v) is 15.0. The van der Waals surface area contributed by atoms with E-state index < -0.39 is 28.5 Å². The molecule has 0 heterocycles. The van der Waals surface area contributed by atoms with Crippen LogP contribution >= 0.6 is 11.6 Å². The number of aryl methyl sites for hydroxylation is 1. The first-order valence-electron chi connectivity index (χ1n) is 13.2. The molecule has 0 aliphatic rings. The number of sulfonamides is 1. The Morgan fingerprint density at radius 3 is 2.12 bits per heavy atom. The van der Waals surface area contributed by atoms with E-state index in [-0.39, 0.29) is 17.3 Å². The van der Waals surface area contributed by atoms with Gasteiger partial charge in [-0.25, -0.2) is 8.42 Å². The number of nitrogens with zero attached hydrogens (tertiary/aromatic N) is 2. The van der Waals surface area contributed by atoms with Crippen LogP contribution in [0.4, 0.5) is 5.69 Å². The highest BCUT2D eigenvalue weighted by atomic mass is 35.5. The molecule has 0 aliphatic carbocycles. The number of carbonyl (C=O) groups excluding carboxylic acids is 2. The van der Waals surface area contributed by atoms with E-state index in [2.05, 4.69) is 5.32 Å². The molecule has 0 saturated carbocycles. The van der Waals surface area contributed by atoms with Crippen molar-refractivity contribution in [2.24, 2.45) is 0 Å². The highest BCUT2D eigenvalue weighted by Gasteiger charge is 2.33. The number of ether oxygens (including phenoxy) is 1. The Morgan fingerprint density at radius 1 is 0.950 bits per heavy atom. The molecule has 0 unspecified atom stereocenters. The summed E-state index contributed by atoms with van der Waals surface area (Å²) in [5.41, 5.74) is 1.96. The smallest absolute Gasteiger partial charge is 0.264 e. The van der Waals surface area contributed by atoms with Crippen molar-refractivity contribution in [1.29, 1.82) is 0 Å². The molecule has 0 aromatic heterocycles. The zero-order valence-corrected chi connectivity index (χ0v) is 24.8. The molecule has 10 heteroatoms. The minimum Gasteiger partial charge on any atom is -0.497 e. The topological polar surface area (TPSA) is 96.0 Å². The van der Waals surface area contributed by atoms with Gasteiger partial charge in [-0.1, -0.05) is 55.3 Å². The largest absolute Gasteiger partial charge is 0.497 e. The average molecular weight is 586 g/mol. The summed E-state index contributed by atoms with van der Waals surface area (Å²) >= 11 is 6.06. The molecule has 3 aromatic carbocycles. The maximum absolute atomic E-state index is 14.0. The molecule has 214 valence electrons. The van der Waals surface area contributed by atoms with Gasteiger partial charge in [0.15, 0.2) is 0 Å². The van der Waals surface area contributed by atoms with Crippen molar-refractivity contribution in [1.82, 2.24) is 10.2 Å². The van der Waals surface area contributed by atoms with Crippen molar-refractivity contribution in [2.45, 2.75) is 51.1 Å². The molecule has 0 fully saturated rings. The zero-order valence-electron chi connectivity index (χ0n) is 23.3. The molecule has 8 nitrogen and oxygen atoms in total. The SMILES string of the molecule is CCCNC(=O)[C@@H](CC)N(Cc1ccc(Cl)cc1)C(=O)CN(c1ccc(OC)cc1)S(=O)(=O)c1ccc(C)cc1. The van der Waals surface area contributed by atoms with Crippen LogP contribution in [0.1, 0.15) is 37.8 Å². The van der Waals surface area contributed by atoms with Gasteiger partial charge in [-0.2, -0.15) is 0 Å². The molecule has 1 atom stereocenters. The van der Waals surface area contributed by atoms with Gasteiger partial charge in [0.05, 0.1) is 17.7 Å². The number of rotatable bonds is 13. The normalized spacial score (nSPS) is 11.9. The lowest BCUT2D eigenvalue weighted by atomic mass is 10.1. The van der Waals surface area contributed by atoms with E-state index in [4.69, 9.17) is 16.3 Å². The van der Waals surface area contributed by atoms with E-state index in [9.17, 15) is 18.0 Å². The van der Waals surface area contributed by atoms with Gasteiger partial charge in [-0.3, -0.25) is 13.9 Å². The van der Waals surface area contributed by atoms with Crippen molar-refractivity contribution in [3.8, 4) is 5.75 Å². The quantitative estimate of drug-likeness (QED) is 0.298. The number of amides is 2. The Bertz CT molecular complexity index is 1380. The zero-order chi connectivity index (χ0) is 29.3. The van der Waals surface area contributed by atoms with Crippen LogP contribution in [-0.2, 0) is 26.2 Å². The Kier molecular flexibility index (Phi) is 11.0. The molecule has 1 N–H and O–H groups in total. The van der Waals surface area contributed by atoms with Crippen molar-refractivity contribution in [3.05, 3.63) is 88.9 Å². The van der Waals surface area contributed by atoms with Crippen LogP contribution in [0.25, 0.3) is 0 Å². The standard InChI is InChI=1S/C30H36ClN3O5S/c1-5-19-32-30(36)28(6-2)33(20-23-9-11-24(31)12-10-23)29(35)21-34(25-13-15-26(39-4)16-14-25)40(37,38)27-17-7-22(3)8-18-27/h7-18,28H,5-6,19-21H2,1-4H3,(H,32,36)/t28-/m1/s1. The second-order valence-electron chi connectivity index (χ2n) is 9.39. The van der Waals surface area contributed by atoms with Gasteiger partial charge < -0.3 is 15.0 Å². The number of methoxy groups -OCH3 is 1. The number of carbonyl (C=O) groups is 2. The van der Waals surface area contributed by atoms with Gasteiger partial charge >= 0.3 is 0 Å². The predicted octanol–water partition coefficient (Wildman–Crippen LogP) is 5.19. The fourth-order valence-electron chi connectivity index (χ4n) is 4.19. The molecular formula is C30H36ClN3O5S. The first-order chi connectivity index (χ1) is 19.1. The molecule has 2 amide bonds. The van der Waals surface area contributed by atoms with E-state index in [0.717, 1.165) is 21.9 Å². The summed E-state index contributed by atoms with van der Waals surface area (Å²) in [6, 6.07) is 19.1. The third-order valence-corrected chi connectivity index (χ3v) is 8.49. The van der Waals surface area contributed by atoms with Crippen LogP contribution in [0.3, 0.4) is 0 Å². The van der Waals surface area contributed by atoms with Crippen LogP contribution in [0.2, 0.25) is 5.02 Å². The minimum absolute atomic E-state index is 0.0544. The van der Waals surface area contributed by atoms with Crippen LogP contribution in [0.15, 0.2) is 77.7 Å². The maximum atomic E-state index is 14.0. The summed E-state index contributed by atoms with van der Waals surface area (Å²) < 4.78 is 34.1. The third kappa shape index (κ3) is 7.76. The van der Waals surface area contributed by atoms with Crippen molar-refractivity contribution in [3.63, 3.8) is 0 Å². The Morgan fingerprint density at radius 2 is 1.57 bits per heavy atom. The minimum atomic E-state index is -4.14. The maximum Gasteiger partial charge on any atom is 0.264 e. The number of hydrogen-bond donors (Lipinski definition) is 1. The van der Waals surface area contributed by atoms with Crippen molar-refractivity contribution >= 4 is 39.1 Å². The molecule has 0 radical (unpaired) electrons. The molecular weight excluding hydrogens is 550 g/mol. The monoisotopic (exact) mass is 585 g/mol. The lowest BCUT2D eigenvalue weighted by Crippen LogP contribution is -2.52. The molecule has 0 aliphatic heterocycles. The molecule has 3 aromatic rings. The number of nitrogens with one attached hydrogen (secondary N) is 1. The van der Waals surface area contributed by atoms with Gasteiger partial charge in [0.2, 0.25) is 11.8 Å². The number of anilines is 1. The highest BCUT2D eigenvalue weighted by molar-refractivity contribution is 7.92. The van der Waals surface area contributed by atoms with Gasteiger partial charge in [0.1, 0.15) is 18.3 Å². The fourth-order valence-corrected chi connectivity index (χ4v) is 5.73. The lowest BCUT2D eigenvalue weighted by molar-refractivity contribution is -0.140. The predicted molar refractivity (Wildman–Crippen MR) is 158 cm³/mol. The molecule has 40 heavy (non-hydrogen) atoms. The molecule has 0 saturated heterocycles. The van der Waals surface area contributed by atoms with Crippen molar-refractivity contribution in [2.75, 3.05) is 24.5 Å². The van der Waals surface area contributed by atoms with Crippen molar-refractivity contribution < 1.29 is 22.7 Å². The Hall–Kier alpha value is -3.56. The molecule has 0 spiro atoms. The number of halogens is 1. The van der Waals surface area contributed by atoms with E-state index in [0.29, 0.717) is 29.4 Å². The third-order valence-electron chi connectivity index (χ3n) is 6.45. The summed E-state index contributed by atoms with van der Waals surface area (Å²) in [6.07, 6.45) is 1.09. The Balaban J connectivity index is 2.04. The van der Waals surface area contributed by atoms with E-state index in [1.165, 1.54) is 24.1 Å². The van der Waals surface area contributed by atoms with Crippen LogP contribution in [-0.4, -0.2) is 51.4 Å². The van der Waals surface area contributed by atoms with E-state index >= 15 is 0 Å². The second-order valence-corrected chi connectivity index (χ2v) is 11.7. The Labute approximate surface area is 241 Å².